The number of H-pyrrole nitrogens is 1. The largest absolute Gasteiger partial charge is 0.382 e. The van der Waals surface area contributed by atoms with Crippen LogP contribution in [0.15, 0.2) is 15.3 Å². The Morgan fingerprint density at radius 2 is 2.17 bits per heavy atom. The number of pyridine rings is 1. The van der Waals surface area contributed by atoms with E-state index < -0.39 is 17.0 Å². The zero-order valence-electron chi connectivity index (χ0n) is 10.9. The number of aromatic amines is 1. The summed E-state index contributed by atoms with van der Waals surface area (Å²) in [5.41, 5.74) is -0.166. The standard InChI is InChI=1S/C12H17BrN2O3/c1-7-9(13)5-8(10(16)14-7)11(17)15-12(2,3)6-18-4/h5H,6H2,1-4H3,(H,14,16)(H,15,17). The van der Waals surface area contributed by atoms with Gasteiger partial charge in [0.25, 0.3) is 11.5 Å². The minimum absolute atomic E-state index is 0.0802. The maximum atomic E-state index is 12.0. The lowest BCUT2D eigenvalue weighted by Gasteiger charge is -2.25. The van der Waals surface area contributed by atoms with E-state index in [-0.39, 0.29) is 5.56 Å². The van der Waals surface area contributed by atoms with Gasteiger partial charge in [-0.05, 0) is 42.8 Å². The number of ether oxygens (including phenoxy) is 1. The van der Waals surface area contributed by atoms with E-state index in [0.717, 1.165) is 0 Å². The number of aromatic nitrogens is 1. The van der Waals surface area contributed by atoms with Crippen molar-refractivity contribution in [2.45, 2.75) is 26.3 Å². The summed E-state index contributed by atoms with van der Waals surface area (Å²) in [6.07, 6.45) is 0. The van der Waals surface area contributed by atoms with Gasteiger partial charge in [-0.1, -0.05) is 0 Å². The van der Waals surface area contributed by atoms with Crippen LogP contribution in [0.3, 0.4) is 0 Å². The van der Waals surface area contributed by atoms with Crippen molar-refractivity contribution in [2.75, 3.05) is 13.7 Å². The van der Waals surface area contributed by atoms with Crippen molar-refractivity contribution in [3.8, 4) is 0 Å². The first-order chi connectivity index (χ1) is 8.26. The number of rotatable bonds is 4. The molecule has 0 aromatic carbocycles. The summed E-state index contributed by atoms with van der Waals surface area (Å²) >= 11 is 3.28. The van der Waals surface area contributed by atoms with Crippen LogP contribution in [0.25, 0.3) is 0 Å². The number of carbonyl (C=O) groups excluding carboxylic acids is 1. The molecule has 1 heterocycles. The van der Waals surface area contributed by atoms with E-state index in [0.29, 0.717) is 16.8 Å². The van der Waals surface area contributed by atoms with Gasteiger partial charge in [0.15, 0.2) is 0 Å². The van der Waals surface area contributed by atoms with Crippen LogP contribution < -0.4 is 10.9 Å². The number of nitrogens with one attached hydrogen (secondary N) is 2. The Bertz CT molecular complexity index is 509. The molecular weight excluding hydrogens is 300 g/mol. The summed E-state index contributed by atoms with van der Waals surface area (Å²) in [5.74, 6) is -0.418. The van der Waals surface area contributed by atoms with Crippen LogP contribution in [0, 0.1) is 6.92 Å². The number of hydrogen-bond donors (Lipinski definition) is 2. The molecule has 100 valence electrons. The molecule has 0 aliphatic heterocycles. The van der Waals surface area contributed by atoms with E-state index in [9.17, 15) is 9.59 Å². The molecule has 1 rings (SSSR count). The van der Waals surface area contributed by atoms with Gasteiger partial charge in [0.2, 0.25) is 0 Å². The summed E-state index contributed by atoms with van der Waals surface area (Å²) in [6, 6.07) is 1.52. The van der Waals surface area contributed by atoms with Gasteiger partial charge in [-0.3, -0.25) is 9.59 Å². The summed E-state index contributed by atoms with van der Waals surface area (Å²) in [6.45, 7) is 5.77. The lowest BCUT2D eigenvalue weighted by molar-refractivity contribution is 0.0818. The predicted molar refractivity (Wildman–Crippen MR) is 72.9 cm³/mol. The van der Waals surface area contributed by atoms with Crippen LogP contribution in [0.4, 0.5) is 0 Å². The van der Waals surface area contributed by atoms with E-state index in [2.05, 4.69) is 26.2 Å². The highest BCUT2D eigenvalue weighted by molar-refractivity contribution is 9.10. The average molecular weight is 317 g/mol. The molecule has 6 heteroatoms. The van der Waals surface area contributed by atoms with Gasteiger partial charge in [0.1, 0.15) is 5.56 Å². The molecule has 0 bridgehead atoms. The predicted octanol–water partition coefficient (Wildman–Crippen LogP) is 1.60. The van der Waals surface area contributed by atoms with Crippen molar-refractivity contribution in [1.82, 2.24) is 10.3 Å². The number of carbonyl (C=O) groups is 1. The molecular formula is C12H17BrN2O3. The Balaban J connectivity index is 2.99. The van der Waals surface area contributed by atoms with Gasteiger partial charge in [-0.25, -0.2) is 0 Å². The zero-order valence-corrected chi connectivity index (χ0v) is 12.5. The number of halogens is 1. The molecule has 1 aromatic heterocycles. The summed E-state index contributed by atoms with van der Waals surface area (Å²) < 4.78 is 5.70. The third kappa shape index (κ3) is 3.68. The summed E-state index contributed by atoms with van der Waals surface area (Å²) in [5, 5.41) is 2.76. The normalized spacial score (nSPS) is 11.4. The fourth-order valence-corrected chi connectivity index (χ4v) is 1.87. The molecule has 0 unspecified atom stereocenters. The Morgan fingerprint density at radius 1 is 1.56 bits per heavy atom. The monoisotopic (exact) mass is 316 g/mol. The van der Waals surface area contributed by atoms with E-state index in [1.807, 2.05) is 13.8 Å². The van der Waals surface area contributed by atoms with Gasteiger partial charge >= 0.3 is 0 Å². The smallest absolute Gasteiger partial charge is 0.261 e. The number of hydrogen-bond acceptors (Lipinski definition) is 3. The van der Waals surface area contributed by atoms with Crippen molar-refractivity contribution < 1.29 is 9.53 Å². The molecule has 5 nitrogen and oxygen atoms in total. The lowest BCUT2D eigenvalue weighted by Crippen LogP contribution is -2.48. The maximum Gasteiger partial charge on any atom is 0.261 e. The van der Waals surface area contributed by atoms with Gasteiger partial charge in [0, 0.05) is 17.3 Å². The molecule has 0 saturated carbocycles. The molecule has 1 amide bonds. The summed E-state index contributed by atoms with van der Waals surface area (Å²) in [7, 11) is 1.56. The number of aryl methyl sites for hydroxylation is 1. The highest BCUT2D eigenvalue weighted by atomic mass is 79.9. The second-order valence-electron chi connectivity index (χ2n) is 4.76. The highest BCUT2D eigenvalue weighted by Gasteiger charge is 2.22. The fraction of sp³-hybridized carbons (Fsp3) is 0.500. The first-order valence-corrected chi connectivity index (χ1v) is 6.27. The maximum absolute atomic E-state index is 12.0. The Morgan fingerprint density at radius 3 is 2.72 bits per heavy atom. The van der Waals surface area contributed by atoms with Crippen LogP contribution >= 0.6 is 15.9 Å². The van der Waals surface area contributed by atoms with E-state index >= 15 is 0 Å². The Hall–Kier alpha value is -1.14. The first-order valence-electron chi connectivity index (χ1n) is 5.48. The second-order valence-corrected chi connectivity index (χ2v) is 5.61. The molecule has 0 aliphatic carbocycles. The quantitative estimate of drug-likeness (QED) is 0.886. The Labute approximate surface area is 114 Å². The third-order valence-electron chi connectivity index (χ3n) is 2.38. The van der Waals surface area contributed by atoms with Crippen LogP contribution in [0.5, 0.6) is 0 Å². The minimum atomic E-state index is -0.532. The molecule has 0 aliphatic rings. The molecule has 0 saturated heterocycles. The Kier molecular flexibility index (Phi) is 4.70. The van der Waals surface area contributed by atoms with Gasteiger partial charge < -0.3 is 15.0 Å². The molecule has 0 spiro atoms. The van der Waals surface area contributed by atoms with Crippen molar-refractivity contribution in [3.63, 3.8) is 0 Å². The summed E-state index contributed by atoms with van der Waals surface area (Å²) in [4.78, 5) is 26.3. The average Bonchev–Trinajstić information content (AvgIpc) is 2.22. The highest BCUT2D eigenvalue weighted by Crippen LogP contribution is 2.13. The molecule has 18 heavy (non-hydrogen) atoms. The fourth-order valence-electron chi connectivity index (χ4n) is 1.54. The van der Waals surface area contributed by atoms with Gasteiger partial charge in [-0.2, -0.15) is 0 Å². The van der Waals surface area contributed by atoms with Crippen molar-refractivity contribution in [1.29, 1.82) is 0 Å². The van der Waals surface area contributed by atoms with Crippen LogP contribution in [0.1, 0.15) is 29.9 Å². The zero-order chi connectivity index (χ0) is 13.9. The van der Waals surface area contributed by atoms with Crippen LogP contribution in [-0.4, -0.2) is 30.1 Å². The SMILES string of the molecule is COCC(C)(C)NC(=O)c1cc(Br)c(C)[nH]c1=O. The molecule has 2 N–H and O–H groups in total. The van der Waals surface area contributed by atoms with E-state index in [1.54, 1.807) is 14.0 Å². The van der Waals surface area contributed by atoms with Gasteiger partial charge in [-0.15, -0.1) is 0 Å². The van der Waals surface area contributed by atoms with Crippen LogP contribution in [0.2, 0.25) is 0 Å². The topological polar surface area (TPSA) is 71.2 Å². The number of methoxy groups -OCH3 is 1. The first kappa shape index (κ1) is 14.9. The molecule has 1 aromatic rings. The lowest BCUT2D eigenvalue weighted by atomic mass is 10.1. The van der Waals surface area contributed by atoms with Crippen LogP contribution in [-0.2, 0) is 4.74 Å². The minimum Gasteiger partial charge on any atom is -0.382 e. The molecule has 0 radical (unpaired) electrons. The van der Waals surface area contributed by atoms with E-state index in [4.69, 9.17) is 4.74 Å². The van der Waals surface area contributed by atoms with E-state index in [1.165, 1.54) is 6.07 Å². The van der Waals surface area contributed by atoms with Crippen molar-refractivity contribution >= 4 is 21.8 Å². The second kappa shape index (κ2) is 5.67. The molecule has 0 atom stereocenters. The van der Waals surface area contributed by atoms with Gasteiger partial charge in [0.05, 0.1) is 12.1 Å². The van der Waals surface area contributed by atoms with Crippen molar-refractivity contribution in [2.24, 2.45) is 0 Å². The molecule has 0 fully saturated rings. The van der Waals surface area contributed by atoms with Crippen molar-refractivity contribution in [3.05, 3.63) is 32.2 Å². The third-order valence-corrected chi connectivity index (χ3v) is 3.20. The number of amides is 1.